The molecule has 0 saturated heterocycles. The number of aryl methyl sites for hydroxylation is 1. The van der Waals surface area contributed by atoms with Crippen LogP contribution in [0, 0.1) is 0 Å². The minimum atomic E-state index is -0.208. The fraction of sp³-hybridized carbons (Fsp3) is 0.333. The van der Waals surface area contributed by atoms with Gasteiger partial charge in [-0.25, -0.2) is 4.79 Å². The van der Waals surface area contributed by atoms with Gasteiger partial charge in [0.25, 0.3) is 0 Å². The lowest BCUT2D eigenvalue weighted by molar-refractivity contribution is -0.121. The Bertz CT molecular complexity index is 1040. The van der Waals surface area contributed by atoms with E-state index in [2.05, 4.69) is 5.32 Å². The Morgan fingerprint density at radius 1 is 1.07 bits per heavy atom. The number of fused-ring (bicyclic) bond motifs is 1. The number of carbonyl (C=O) groups is 1. The van der Waals surface area contributed by atoms with E-state index in [-0.39, 0.29) is 24.2 Å². The summed E-state index contributed by atoms with van der Waals surface area (Å²) in [5.41, 5.74) is 2.38. The van der Waals surface area contributed by atoms with Crippen molar-refractivity contribution in [3.8, 4) is 0 Å². The normalized spacial score (nSPS) is 12.5. The summed E-state index contributed by atoms with van der Waals surface area (Å²) < 4.78 is 3.20. The minimum Gasteiger partial charge on any atom is -0.353 e. The second-order valence-electron chi connectivity index (χ2n) is 6.91. The molecule has 3 aromatic rings. The molecule has 0 unspecified atom stereocenters. The summed E-state index contributed by atoms with van der Waals surface area (Å²) >= 11 is 6.33. The molecule has 0 radical (unpaired) electrons. The number of aromatic nitrogens is 2. The Morgan fingerprint density at radius 2 is 1.68 bits per heavy atom. The molecule has 3 rings (SSSR count). The van der Waals surface area contributed by atoms with Crippen LogP contribution in [0.2, 0.25) is 5.02 Å². The molecule has 0 spiro atoms. The zero-order chi connectivity index (χ0) is 20.3. The molecule has 1 atom stereocenters. The third kappa shape index (κ3) is 3.98. The predicted octanol–water partition coefficient (Wildman–Crippen LogP) is 2.90. The zero-order valence-corrected chi connectivity index (χ0v) is 17.1. The van der Waals surface area contributed by atoms with Gasteiger partial charge in [-0.15, -0.1) is 0 Å². The maximum absolute atomic E-state index is 12.7. The summed E-state index contributed by atoms with van der Waals surface area (Å²) in [7, 11) is 3.89. The summed E-state index contributed by atoms with van der Waals surface area (Å²) in [6, 6.07) is 15.1. The van der Waals surface area contributed by atoms with Gasteiger partial charge in [0.05, 0.1) is 17.1 Å². The average molecular weight is 401 g/mol. The number of benzene rings is 2. The third-order valence-corrected chi connectivity index (χ3v) is 5.27. The van der Waals surface area contributed by atoms with E-state index in [1.54, 1.807) is 4.57 Å². The first kappa shape index (κ1) is 20.2. The van der Waals surface area contributed by atoms with Crippen LogP contribution < -0.4 is 11.0 Å². The van der Waals surface area contributed by atoms with Crippen molar-refractivity contribution in [3.05, 3.63) is 69.6 Å². The molecule has 0 bridgehead atoms. The van der Waals surface area contributed by atoms with Crippen molar-refractivity contribution in [2.45, 2.75) is 26.1 Å². The quantitative estimate of drug-likeness (QED) is 0.663. The predicted molar refractivity (Wildman–Crippen MR) is 113 cm³/mol. The number of halogens is 1. The summed E-state index contributed by atoms with van der Waals surface area (Å²) in [6.45, 7) is 2.86. The van der Waals surface area contributed by atoms with Gasteiger partial charge in [-0.05, 0) is 44.8 Å². The van der Waals surface area contributed by atoms with Crippen molar-refractivity contribution >= 4 is 28.5 Å². The molecule has 1 aromatic heterocycles. The molecule has 1 N–H and O–H groups in total. The van der Waals surface area contributed by atoms with E-state index in [1.807, 2.05) is 74.4 Å². The molecule has 1 heterocycles. The van der Waals surface area contributed by atoms with E-state index in [9.17, 15) is 9.59 Å². The van der Waals surface area contributed by atoms with Crippen LogP contribution in [0.5, 0.6) is 0 Å². The first-order chi connectivity index (χ1) is 13.4. The van der Waals surface area contributed by atoms with Crippen molar-refractivity contribution in [1.29, 1.82) is 0 Å². The number of amides is 1. The van der Waals surface area contributed by atoms with E-state index >= 15 is 0 Å². The summed E-state index contributed by atoms with van der Waals surface area (Å²) in [6.07, 6.45) is 0. The molecule has 0 saturated carbocycles. The number of para-hydroxylation sites is 2. The van der Waals surface area contributed by atoms with E-state index in [0.29, 0.717) is 18.1 Å². The van der Waals surface area contributed by atoms with Gasteiger partial charge in [0.1, 0.15) is 6.54 Å². The monoisotopic (exact) mass is 400 g/mol. The lowest BCUT2D eigenvalue weighted by Gasteiger charge is -2.26. The van der Waals surface area contributed by atoms with Gasteiger partial charge in [-0.3, -0.25) is 13.9 Å². The lowest BCUT2D eigenvalue weighted by Crippen LogP contribution is -2.38. The molecule has 0 aliphatic rings. The number of hydrogen-bond acceptors (Lipinski definition) is 3. The SMILES string of the molecule is CCn1c(=O)n(CC(=O)NC[C@H](c2ccccc2Cl)N(C)C)c2ccccc21. The third-order valence-electron chi connectivity index (χ3n) is 4.92. The van der Waals surface area contributed by atoms with Crippen LogP contribution in [0.25, 0.3) is 11.0 Å². The standard InChI is InChI=1S/C21H25ClN4O2/c1-4-25-17-11-7-8-12-18(17)26(21(25)28)14-20(27)23-13-19(24(2)3)15-9-5-6-10-16(15)22/h5-12,19H,4,13-14H2,1-3H3,(H,23,27)/t19-/m1/s1. The van der Waals surface area contributed by atoms with Crippen LogP contribution in [0.4, 0.5) is 0 Å². The van der Waals surface area contributed by atoms with Gasteiger partial charge in [0.2, 0.25) is 5.91 Å². The van der Waals surface area contributed by atoms with Crippen LogP contribution in [0.1, 0.15) is 18.5 Å². The smallest absolute Gasteiger partial charge is 0.329 e. The van der Waals surface area contributed by atoms with Crippen LogP contribution in [0.3, 0.4) is 0 Å². The Balaban J connectivity index is 1.78. The molecule has 0 fully saturated rings. The van der Waals surface area contributed by atoms with Gasteiger partial charge >= 0.3 is 5.69 Å². The molecule has 1 amide bonds. The van der Waals surface area contributed by atoms with Crippen molar-refractivity contribution in [3.63, 3.8) is 0 Å². The number of imidazole rings is 1. The lowest BCUT2D eigenvalue weighted by atomic mass is 10.1. The number of nitrogens with zero attached hydrogens (tertiary/aromatic N) is 3. The van der Waals surface area contributed by atoms with Crippen molar-refractivity contribution in [2.75, 3.05) is 20.6 Å². The Labute approximate surface area is 169 Å². The van der Waals surface area contributed by atoms with Crippen LogP contribution in [-0.2, 0) is 17.9 Å². The van der Waals surface area contributed by atoms with Crippen molar-refractivity contribution < 1.29 is 4.79 Å². The maximum atomic E-state index is 12.7. The van der Waals surface area contributed by atoms with Gasteiger partial charge < -0.3 is 10.2 Å². The number of hydrogen-bond donors (Lipinski definition) is 1. The second-order valence-corrected chi connectivity index (χ2v) is 7.31. The molecule has 28 heavy (non-hydrogen) atoms. The van der Waals surface area contributed by atoms with Crippen molar-refractivity contribution in [1.82, 2.24) is 19.4 Å². The summed E-state index contributed by atoms with van der Waals surface area (Å²) in [4.78, 5) is 27.3. The Kier molecular flexibility index (Phi) is 6.21. The molecule has 2 aromatic carbocycles. The topological polar surface area (TPSA) is 59.3 Å². The molecule has 148 valence electrons. The molecular formula is C21H25ClN4O2. The van der Waals surface area contributed by atoms with Crippen LogP contribution >= 0.6 is 11.6 Å². The Hall–Kier alpha value is -2.57. The summed E-state index contributed by atoms with van der Waals surface area (Å²) in [5.74, 6) is -0.208. The van der Waals surface area contributed by atoms with Gasteiger partial charge in [-0.1, -0.05) is 41.9 Å². The molecule has 7 heteroatoms. The van der Waals surface area contributed by atoms with Gasteiger partial charge in [0.15, 0.2) is 0 Å². The fourth-order valence-corrected chi connectivity index (χ4v) is 3.72. The number of rotatable bonds is 7. The van der Waals surface area contributed by atoms with Crippen LogP contribution in [0.15, 0.2) is 53.3 Å². The highest BCUT2D eigenvalue weighted by molar-refractivity contribution is 6.31. The minimum absolute atomic E-state index is 0.0188. The number of nitrogens with one attached hydrogen (secondary N) is 1. The molecule has 6 nitrogen and oxygen atoms in total. The fourth-order valence-electron chi connectivity index (χ4n) is 3.46. The molecule has 0 aliphatic carbocycles. The van der Waals surface area contributed by atoms with Crippen molar-refractivity contribution in [2.24, 2.45) is 0 Å². The first-order valence-corrected chi connectivity index (χ1v) is 9.67. The molecular weight excluding hydrogens is 376 g/mol. The van der Waals surface area contributed by atoms with E-state index < -0.39 is 0 Å². The number of likely N-dealkylation sites (N-methyl/N-ethyl adjacent to an activating group) is 1. The summed E-state index contributed by atoms with van der Waals surface area (Å²) in [5, 5.41) is 3.61. The highest BCUT2D eigenvalue weighted by atomic mass is 35.5. The highest BCUT2D eigenvalue weighted by Gasteiger charge is 2.19. The average Bonchev–Trinajstić information content (AvgIpc) is 2.94. The molecule has 0 aliphatic heterocycles. The van der Waals surface area contributed by atoms with E-state index in [4.69, 9.17) is 11.6 Å². The van der Waals surface area contributed by atoms with E-state index in [1.165, 1.54) is 4.57 Å². The second kappa shape index (κ2) is 8.63. The van der Waals surface area contributed by atoms with Gasteiger partial charge in [0, 0.05) is 18.1 Å². The maximum Gasteiger partial charge on any atom is 0.329 e. The Morgan fingerprint density at radius 3 is 2.29 bits per heavy atom. The zero-order valence-electron chi connectivity index (χ0n) is 16.4. The largest absolute Gasteiger partial charge is 0.353 e. The van der Waals surface area contributed by atoms with Crippen LogP contribution in [-0.4, -0.2) is 40.6 Å². The van der Waals surface area contributed by atoms with Gasteiger partial charge in [-0.2, -0.15) is 0 Å². The number of carbonyl (C=O) groups excluding carboxylic acids is 1. The first-order valence-electron chi connectivity index (χ1n) is 9.29. The van der Waals surface area contributed by atoms with E-state index in [0.717, 1.165) is 16.6 Å². The highest BCUT2D eigenvalue weighted by Crippen LogP contribution is 2.25.